The Kier molecular flexibility index (Phi) is 12.2. The van der Waals surface area contributed by atoms with E-state index < -0.39 is 5.97 Å². The van der Waals surface area contributed by atoms with Crippen molar-refractivity contribution in [2.45, 2.75) is 33.1 Å². The van der Waals surface area contributed by atoms with Crippen molar-refractivity contribution < 1.29 is 14.7 Å². The van der Waals surface area contributed by atoms with Gasteiger partial charge in [-0.1, -0.05) is 13.8 Å². The maximum absolute atomic E-state index is 11.5. The molecule has 0 spiro atoms. The number of hydrogen-bond donors (Lipinski definition) is 1. The van der Waals surface area contributed by atoms with Crippen molar-refractivity contribution in [3.05, 3.63) is 0 Å². The molecule has 0 rings (SSSR count). The fourth-order valence-electron chi connectivity index (χ4n) is 1.06. The molecule has 1 N–H and O–H groups in total. The monoisotopic (exact) mass is 246 g/mol. The van der Waals surface area contributed by atoms with E-state index in [-0.39, 0.29) is 12.3 Å². The molecule has 0 aliphatic heterocycles. The van der Waals surface area contributed by atoms with E-state index in [1.165, 1.54) is 0 Å². The van der Waals surface area contributed by atoms with Gasteiger partial charge in [0.25, 0.3) is 0 Å². The molecule has 17 heavy (non-hydrogen) atoms. The zero-order chi connectivity index (χ0) is 13.8. The Morgan fingerprint density at radius 1 is 1.00 bits per heavy atom. The van der Waals surface area contributed by atoms with Gasteiger partial charge >= 0.3 is 5.97 Å². The van der Waals surface area contributed by atoms with Crippen molar-refractivity contribution in [3.8, 4) is 0 Å². The molecule has 0 aliphatic carbocycles. The Bertz CT molecular complexity index is 218. The largest absolute Gasteiger partial charge is 0.481 e. The highest BCUT2D eigenvalue weighted by Crippen LogP contribution is 1.99. The van der Waals surface area contributed by atoms with Crippen LogP contribution in [0.4, 0.5) is 0 Å². The van der Waals surface area contributed by atoms with Gasteiger partial charge in [-0.3, -0.25) is 9.59 Å². The van der Waals surface area contributed by atoms with Crippen molar-refractivity contribution in [1.29, 1.82) is 0 Å². The second kappa shape index (κ2) is 11.4. The zero-order valence-corrected chi connectivity index (χ0v) is 11.7. The molecule has 1 amide bonds. The van der Waals surface area contributed by atoms with Crippen LogP contribution in [0.1, 0.15) is 33.1 Å². The maximum atomic E-state index is 11.5. The Hall–Kier alpha value is -1.10. The van der Waals surface area contributed by atoms with Crippen LogP contribution in [0, 0.1) is 0 Å². The average Bonchev–Trinajstić information content (AvgIpc) is 2.27. The molecule has 0 atom stereocenters. The molecule has 0 fully saturated rings. The molecule has 0 aromatic heterocycles. The predicted molar refractivity (Wildman–Crippen MR) is 69.0 cm³/mol. The first-order valence-electron chi connectivity index (χ1n) is 6.04. The lowest BCUT2D eigenvalue weighted by Gasteiger charge is -2.19. The van der Waals surface area contributed by atoms with Crippen molar-refractivity contribution in [2.75, 3.05) is 34.2 Å². The van der Waals surface area contributed by atoms with E-state index in [4.69, 9.17) is 5.11 Å². The number of carboxylic acid groups (broad SMARTS) is 1. The fourth-order valence-corrected chi connectivity index (χ4v) is 1.06. The van der Waals surface area contributed by atoms with Gasteiger partial charge in [-0.25, -0.2) is 0 Å². The number of rotatable bonds is 7. The maximum Gasteiger partial charge on any atom is 0.303 e. The van der Waals surface area contributed by atoms with E-state index in [0.717, 1.165) is 6.54 Å². The Morgan fingerprint density at radius 2 is 1.53 bits per heavy atom. The van der Waals surface area contributed by atoms with Crippen LogP contribution in [0.2, 0.25) is 0 Å². The van der Waals surface area contributed by atoms with Crippen molar-refractivity contribution in [2.24, 2.45) is 0 Å². The van der Waals surface area contributed by atoms with Gasteiger partial charge in [0.05, 0.1) is 0 Å². The third kappa shape index (κ3) is 12.8. The first kappa shape index (κ1) is 18.3. The fraction of sp³-hybridized carbons (Fsp3) is 0.833. The van der Waals surface area contributed by atoms with Gasteiger partial charge in [0.2, 0.25) is 5.91 Å². The number of carboxylic acids is 1. The number of likely N-dealkylation sites (N-methyl/N-ethyl adjacent to an activating group) is 2. The molecule has 102 valence electrons. The summed E-state index contributed by atoms with van der Waals surface area (Å²) in [7, 11) is 5.64. The molecule has 0 saturated heterocycles. The van der Waals surface area contributed by atoms with E-state index in [1.807, 2.05) is 32.8 Å². The van der Waals surface area contributed by atoms with Gasteiger partial charge in [-0.2, -0.15) is 0 Å². The summed E-state index contributed by atoms with van der Waals surface area (Å²) in [5.41, 5.74) is 0. The zero-order valence-electron chi connectivity index (χ0n) is 11.7. The third-order valence-electron chi connectivity index (χ3n) is 2.09. The lowest BCUT2D eigenvalue weighted by atomic mass is 10.2. The summed E-state index contributed by atoms with van der Waals surface area (Å²) in [5.74, 6) is -0.836. The summed E-state index contributed by atoms with van der Waals surface area (Å²) >= 11 is 0. The number of hydrogen-bond acceptors (Lipinski definition) is 3. The van der Waals surface area contributed by atoms with Crippen molar-refractivity contribution in [1.82, 2.24) is 9.80 Å². The van der Waals surface area contributed by atoms with Crippen LogP contribution in [0.25, 0.3) is 0 Å². The molecule has 0 unspecified atom stereocenters. The SMILES string of the molecule is CC.CN(C)CCN(C)C(=O)CCCC(=O)O. The Labute approximate surface area is 104 Å². The molecule has 0 saturated carbocycles. The smallest absolute Gasteiger partial charge is 0.303 e. The summed E-state index contributed by atoms with van der Waals surface area (Å²) in [6, 6.07) is 0. The van der Waals surface area contributed by atoms with Crippen LogP contribution in [0.5, 0.6) is 0 Å². The van der Waals surface area contributed by atoms with Gasteiger partial charge < -0.3 is 14.9 Å². The second-order valence-corrected chi connectivity index (χ2v) is 3.87. The molecule has 0 aromatic rings. The highest BCUT2D eigenvalue weighted by Gasteiger charge is 2.09. The van der Waals surface area contributed by atoms with Crippen molar-refractivity contribution in [3.63, 3.8) is 0 Å². The van der Waals surface area contributed by atoms with Crippen LogP contribution in [0.3, 0.4) is 0 Å². The average molecular weight is 246 g/mol. The number of amides is 1. The van der Waals surface area contributed by atoms with Gasteiger partial charge in [-0.15, -0.1) is 0 Å². The number of aliphatic carboxylic acids is 1. The van der Waals surface area contributed by atoms with Crippen molar-refractivity contribution >= 4 is 11.9 Å². The van der Waals surface area contributed by atoms with Crippen LogP contribution in [-0.4, -0.2) is 61.0 Å². The summed E-state index contributed by atoms with van der Waals surface area (Å²) < 4.78 is 0. The molecule has 0 bridgehead atoms. The molecular weight excluding hydrogens is 220 g/mol. The topological polar surface area (TPSA) is 60.9 Å². The molecule has 5 heteroatoms. The van der Waals surface area contributed by atoms with Crippen LogP contribution in [-0.2, 0) is 9.59 Å². The standard InChI is InChI=1S/C10H20N2O3.C2H6/c1-11(2)7-8-12(3)9(13)5-4-6-10(14)15;1-2/h4-8H2,1-3H3,(H,14,15);1-2H3. The minimum Gasteiger partial charge on any atom is -0.481 e. The lowest BCUT2D eigenvalue weighted by molar-refractivity contribution is -0.137. The molecule has 0 radical (unpaired) electrons. The first-order chi connectivity index (χ1) is 7.93. The molecule has 0 heterocycles. The number of carbonyl (C=O) groups is 2. The summed E-state index contributed by atoms with van der Waals surface area (Å²) in [5, 5.41) is 8.41. The molecule has 0 aliphatic rings. The van der Waals surface area contributed by atoms with Gasteiger partial charge in [-0.05, 0) is 20.5 Å². The third-order valence-corrected chi connectivity index (χ3v) is 2.09. The normalized spacial score (nSPS) is 9.53. The predicted octanol–water partition coefficient (Wildman–Crippen LogP) is 1.29. The van der Waals surface area contributed by atoms with E-state index >= 15 is 0 Å². The summed E-state index contributed by atoms with van der Waals surface area (Å²) in [6.07, 6.45) is 0.796. The minimum absolute atomic E-state index is 0.0121. The van der Waals surface area contributed by atoms with Crippen LogP contribution in [0.15, 0.2) is 0 Å². The number of nitrogens with zero attached hydrogens (tertiary/aromatic N) is 2. The molecular formula is C12H26N2O3. The lowest BCUT2D eigenvalue weighted by Crippen LogP contribution is -2.33. The minimum atomic E-state index is -0.848. The van der Waals surface area contributed by atoms with Gasteiger partial charge in [0.1, 0.15) is 0 Å². The van der Waals surface area contributed by atoms with E-state index in [9.17, 15) is 9.59 Å². The summed E-state index contributed by atoms with van der Waals surface area (Å²) in [6.45, 7) is 5.50. The van der Waals surface area contributed by atoms with Crippen LogP contribution >= 0.6 is 0 Å². The van der Waals surface area contributed by atoms with Crippen LogP contribution < -0.4 is 0 Å². The molecule has 5 nitrogen and oxygen atoms in total. The molecule has 0 aromatic carbocycles. The van der Waals surface area contributed by atoms with E-state index in [0.29, 0.717) is 19.4 Å². The Morgan fingerprint density at radius 3 is 1.94 bits per heavy atom. The van der Waals surface area contributed by atoms with E-state index in [1.54, 1.807) is 11.9 Å². The summed E-state index contributed by atoms with van der Waals surface area (Å²) in [4.78, 5) is 25.3. The van der Waals surface area contributed by atoms with Gasteiger partial charge in [0.15, 0.2) is 0 Å². The van der Waals surface area contributed by atoms with E-state index in [2.05, 4.69) is 0 Å². The van der Waals surface area contributed by atoms with Gasteiger partial charge in [0, 0.05) is 33.0 Å². The quantitative estimate of drug-likeness (QED) is 0.735. The first-order valence-corrected chi connectivity index (χ1v) is 6.04. The Balaban J connectivity index is 0. The highest BCUT2D eigenvalue weighted by molar-refractivity contribution is 5.76. The second-order valence-electron chi connectivity index (χ2n) is 3.87. The number of carbonyl (C=O) groups excluding carboxylic acids is 1. The highest BCUT2D eigenvalue weighted by atomic mass is 16.4.